The van der Waals surface area contributed by atoms with Gasteiger partial charge in [0.05, 0.1) is 39.0 Å². The van der Waals surface area contributed by atoms with Gasteiger partial charge in [-0.15, -0.1) is 0 Å². The molecule has 1 aliphatic heterocycles. The highest BCUT2D eigenvalue weighted by molar-refractivity contribution is 6.22. The molecule has 49 heavy (non-hydrogen) atoms. The Hall–Kier alpha value is -6.81. The van der Waals surface area contributed by atoms with E-state index in [1.54, 1.807) is 0 Å². The van der Waals surface area contributed by atoms with Crippen LogP contribution < -0.4 is 14.9 Å². The van der Waals surface area contributed by atoms with Crippen molar-refractivity contribution in [1.82, 2.24) is 19.1 Å². The number of hydrogen-bond acceptors (Lipinski definition) is 2. The third-order valence-corrected chi connectivity index (χ3v) is 9.58. The van der Waals surface area contributed by atoms with Crippen molar-refractivity contribution in [2.24, 2.45) is 0 Å². The largest absolute Gasteiger partial charge is 0.414 e. The topological polar surface area (TPSA) is 39.2 Å². The van der Waals surface area contributed by atoms with Gasteiger partial charge in [0.2, 0.25) is 0 Å². The van der Waals surface area contributed by atoms with E-state index in [1.807, 2.05) is 18.2 Å². The van der Waals surface area contributed by atoms with Gasteiger partial charge in [0.1, 0.15) is 0 Å². The molecule has 9 aromatic rings. The van der Waals surface area contributed by atoms with E-state index in [0.29, 0.717) is 0 Å². The Bertz CT molecular complexity index is 2710. The number of fused-ring (bicyclic) bond motifs is 6. The van der Waals surface area contributed by atoms with Crippen molar-refractivity contribution < 1.29 is 0 Å². The number of amidine groups is 1. The van der Waals surface area contributed by atoms with Gasteiger partial charge in [-0.2, -0.15) is 0 Å². The number of guanidine groups is 1. The fourth-order valence-corrected chi connectivity index (χ4v) is 7.35. The molecule has 1 N–H and O–H groups in total. The molecule has 0 fully saturated rings. The van der Waals surface area contributed by atoms with Crippen LogP contribution in [0.1, 0.15) is 5.56 Å². The summed E-state index contributed by atoms with van der Waals surface area (Å²) >= 11 is 0. The number of benzene rings is 7. The third-order valence-electron chi connectivity index (χ3n) is 9.58. The first kappa shape index (κ1) is 27.3. The molecular weight excluding hydrogens is 599 g/mol. The monoisotopic (exact) mass is 628 g/mol. The molecular formula is C44H30N5+. The Morgan fingerprint density at radius 3 is 1.45 bits per heavy atom. The van der Waals surface area contributed by atoms with Crippen LogP contribution in [0.25, 0.3) is 55.0 Å². The van der Waals surface area contributed by atoms with E-state index in [0.717, 1.165) is 45.6 Å². The molecule has 0 radical (unpaired) electrons. The van der Waals surface area contributed by atoms with E-state index >= 15 is 0 Å². The lowest BCUT2D eigenvalue weighted by Crippen LogP contribution is -2.52. The second-order valence-electron chi connectivity index (χ2n) is 12.4. The molecule has 0 aliphatic carbocycles. The molecule has 0 spiro atoms. The van der Waals surface area contributed by atoms with Crippen LogP contribution in [-0.2, 0) is 0 Å². The summed E-state index contributed by atoms with van der Waals surface area (Å²) in [5.74, 6) is 1.65. The Balaban J connectivity index is 1.15. The van der Waals surface area contributed by atoms with Crippen molar-refractivity contribution in [2.45, 2.75) is 0 Å². The summed E-state index contributed by atoms with van der Waals surface area (Å²) < 4.78 is 9.73. The van der Waals surface area contributed by atoms with Crippen LogP contribution in [0.2, 0.25) is 0 Å². The van der Waals surface area contributed by atoms with E-state index in [1.165, 1.54) is 38.1 Å². The van der Waals surface area contributed by atoms with Crippen molar-refractivity contribution in [3.05, 3.63) is 181 Å². The Kier molecular flexibility index (Phi) is 6.07. The van der Waals surface area contributed by atoms with Crippen molar-refractivity contribution in [3.63, 3.8) is 0 Å². The van der Waals surface area contributed by atoms with Gasteiger partial charge in [-0.1, -0.05) is 91.0 Å². The van der Waals surface area contributed by atoms with E-state index < -0.39 is 0 Å². The summed E-state index contributed by atoms with van der Waals surface area (Å²) in [5.41, 5.74) is 10.1. The molecule has 230 valence electrons. The highest BCUT2D eigenvalue weighted by Gasteiger charge is 2.32. The Labute approximate surface area is 282 Å². The van der Waals surface area contributed by atoms with Crippen LogP contribution in [0.15, 0.2) is 176 Å². The number of hydrogen-bond donors (Lipinski definition) is 1. The first-order chi connectivity index (χ1) is 24.3. The van der Waals surface area contributed by atoms with E-state index in [9.17, 15) is 0 Å². The van der Waals surface area contributed by atoms with Crippen LogP contribution in [0, 0.1) is 0 Å². The van der Waals surface area contributed by atoms with Gasteiger partial charge in [0.15, 0.2) is 0 Å². The third kappa shape index (κ3) is 4.31. The van der Waals surface area contributed by atoms with Crippen molar-refractivity contribution in [2.75, 3.05) is 4.90 Å². The summed E-state index contributed by atoms with van der Waals surface area (Å²) in [6.07, 6.45) is 0. The maximum absolute atomic E-state index is 5.03. The fraction of sp³-hybridized carbons (Fsp3) is 0. The first-order valence-electron chi connectivity index (χ1n) is 16.6. The summed E-state index contributed by atoms with van der Waals surface area (Å²) in [6.45, 7) is 0. The average molecular weight is 629 g/mol. The average Bonchev–Trinajstić information content (AvgIpc) is 3.66. The number of para-hydroxylation sites is 4. The second kappa shape index (κ2) is 10.9. The summed E-state index contributed by atoms with van der Waals surface area (Å²) in [5, 5.41) is 8.49. The van der Waals surface area contributed by atoms with E-state index in [4.69, 9.17) is 4.67 Å². The minimum absolute atomic E-state index is 0.787. The van der Waals surface area contributed by atoms with Gasteiger partial charge in [-0.25, -0.2) is 14.9 Å². The molecule has 0 saturated carbocycles. The zero-order chi connectivity index (χ0) is 32.3. The van der Waals surface area contributed by atoms with Crippen LogP contribution in [0.4, 0.5) is 11.4 Å². The quantitative estimate of drug-likeness (QED) is 0.193. The molecule has 5 nitrogen and oxygen atoms in total. The number of nitrogens with zero attached hydrogens (tertiary/aromatic N) is 4. The second-order valence-corrected chi connectivity index (χ2v) is 12.4. The van der Waals surface area contributed by atoms with Gasteiger partial charge in [0.25, 0.3) is 5.84 Å². The van der Waals surface area contributed by atoms with Crippen molar-refractivity contribution >= 4 is 66.8 Å². The lowest BCUT2D eigenvalue weighted by Gasteiger charge is -2.23. The van der Waals surface area contributed by atoms with Gasteiger partial charge in [-0.3, -0.25) is 0 Å². The summed E-state index contributed by atoms with van der Waals surface area (Å²) in [6, 6.07) is 62.3. The fourth-order valence-electron chi connectivity index (χ4n) is 7.35. The Morgan fingerprint density at radius 2 is 0.857 bits per heavy atom. The van der Waals surface area contributed by atoms with Crippen molar-refractivity contribution in [3.8, 4) is 11.4 Å². The maximum atomic E-state index is 5.03. The molecule has 0 amide bonds. The highest BCUT2D eigenvalue weighted by Crippen LogP contribution is 2.37. The predicted molar refractivity (Wildman–Crippen MR) is 205 cm³/mol. The van der Waals surface area contributed by atoms with Crippen molar-refractivity contribution in [1.29, 1.82) is 0 Å². The summed E-state index contributed by atoms with van der Waals surface area (Å²) in [7, 11) is 0. The lowest BCUT2D eigenvalue weighted by molar-refractivity contribution is 1.12. The SMILES string of the molecule is c1ccc(C2=[N+]=C(N(c3ccc(-n4c5ccccc5c5ccccc54)cc3)c3ccc4c(c3)c3ccccc3n4-c3ccccc3)N2)cc1. The minimum Gasteiger partial charge on any atom is -0.309 e. The number of aromatic nitrogens is 2. The molecule has 10 rings (SSSR count). The molecule has 0 atom stereocenters. The van der Waals surface area contributed by atoms with Gasteiger partial charge >= 0.3 is 5.96 Å². The van der Waals surface area contributed by atoms with Crippen LogP contribution in [-0.4, -0.2) is 20.9 Å². The maximum Gasteiger partial charge on any atom is 0.414 e. The van der Waals surface area contributed by atoms with Crippen LogP contribution in [0.5, 0.6) is 0 Å². The van der Waals surface area contributed by atoms with E-state index in [2.05, 4.69) is 177 Å². The highest BCUT2D eigenvalue weighted by atomic mass is 15.4. The lowest BCUT2D eigenvalue weighted by atomic mass is 10.1. The molecule has 5 heteroatoms. The molecule has 3 heterocycles. The molecule has 0 bridgehead atoms. The zero-order valence-electron chi connectivity index (χ0n) is 26.5. The minimum atomic E-state index is 0.787. The van der Waals surface area contributed by atoms with Crippen LogP contribution >= 0.6 is 0 Å². The smallest absolute Gasteiger partial charge is 0.309 e. The standard InChI is InChI=1S/C44H29N5/c1-3-13-30(14-4-1)43-45-44(46-43)47(32-23-25-33(26-24-32)49-39-20-10-7-17-35(39)36-18-8-11-21-40(36)49)34-27-28-42-38(29-34)37-19-9-12-22-41(37)48(42)31-15-5-2-6-16-31/h1-29H/p+1. The number of nitrogens with one attached hydrogen (secondary N) is 1. The zero-order valence-corrected chi connectivity index (χ0v) is 26.5. The molecule has 7 aromatic carbocycles. The van der Waals surface area contributed by atoms with Gasteiger partial charge in [-0.05, 0) is 84.9 Å². The molecule has 1 aliphatic rings. The number of anilines is 2. The molecule has 2 aromatic heterocycles. The van der Waals surface area contributed by atoms with E-state index in [-0.39, 0.29) is 0 Å². The predicted octanol–water partition coefficient (Wildman–Crippen LogP) is 9.49. The normalized spacial score (nSPS) is 12.6. The van der Waals surface area contributed by atoms with Gasteiger partial charge in [0, 0.05) is 32.9 Å². The first-order valence-corrected chi connectivity index (χ1v) is 16.6. The van der Waals surface area contributed by atoms with Gasteiger partial charge < -0.3 is 9.13 Å². The Morgan fingerprint density at radius 1 is 0.408 bits per heavy atom. The van der Waals surface area contributed by atoms with Crippen LogP contribution in [0.3, 0.4) is 0 Å². The molecule has 0 saturated heterocycles. The summed E-state index contributed by atoms with van der Waals surface area (Å²) in [4.78, 5) is 2.22. The molecule has 0 unspecified atom stereocenters. The number of rotatable bonds is 5.